The van der Waals surface area contributed by atoms with E-state index in [0.29, 0.717) is 10.7 Å². The fraction of sp³-hybridized carbons (Fsp3) is 0.286. The molecule has 1 heterocycles. The van der Waals surface area contributed by atoms with Crippen LogP contribution >= 0.6 is 11.3 Å². The molecule has 0 aliphatic heterocycles. The van der Waals surface area contributed by atoms with Crippen molar-refractivity contribution in [2.75, 3.05) is 5.32 Å². The third-order valence-corrected chi connectivity index (χ3v) is 4.01. The Morgan fingerprint density at radius 2 is 1.89 bits per heavy atom. The Morgan fingerprint density at radius 3 is 2.44 bits per heavy atom. The van der Waals surface area contributed by atoms with E-state index in [1.54, 1.807) is 0 Å². The Hall–Kier alpha value is -1.68. The van der Waals surface area contributed by atoms with Gasteiger partial charge in [-0.1, -0.05) is 6.07 Å². The molecule has 0 unspecified atom stereocenters. The number of carbonyl (C=O) groups excluding carboxylic acids is 1. The Kier molecular flexibility index (Phi) is 3.48. The van der Waals surface area contributed by atoms with Crippen molar-refractivity contribution in [2.24, 2.45) is 0 Å². The lowest BCUT2D eigenvalue weighted by Crippen LogP contribution is -2.12. The molecule has 0 aliphatic rings. The molecule has 0 saturated heterocycles. The summed E-state index contributed by atoms with van der Waals surface area (Å²) in [6.07, 6.45) is 0. The van der Waals surface area contributed by atoms with Gasteiger partial charge in [0, 0.05) is 10.4 Å². The molecule has 0 spiro atoms. The normalized spacial score (nSPS) is 10.4. The van der Waals surface area contributed by atoms with E-state index in [9.17, 15) is 4.79 Å². The quantitative estimate of drug-likeness (QED) is 0.896. The molecule has 1 amide bonds. The van der Waals surface area contributed by atoms with Gasteiger partial charge in [0.1, 0.15) is 0 Å². The van der Waals surface area contributed by atoms with E-state index in [0.717, 1.165) is 16.1 Å². The van der Waals surface area contributed by atoms with Crippen LogP contribution in [0.5, 0.6) is 0 Å². The lowest BCUT2D eigenvalue weighted by Gasteiger charge is -2.04. The lowest BCUT2D eigenvalue weighted by atomic mass is 10.1. The number of carbonyl (C=O) groups is 1. The van der Waals surface area contributed by atoms with Gasteiger partial charge >= 0.3 is 0 Å². The van der Waals surface area contributed by atoms with Crippen LogP contribution < -0.4 is 5.32 Å². The fourth-order valence-corrected chi connectivity index (χ4v) is 2.39. The number of hydrogen-bond acceptors (Lipinski definition) is 3. The number of nitrogens with one attached hydrogen (secondary N) is 1. The van der Waals surface area contributed by atoms with Crippen LogP contribution in [0.1, 0.15) is 32.1 Å². The van der Waals surface area contributed by atoms with Crippen LogP contribution in [0, 0.1) is 27.7 Å². The van der Waals surface area contributed by atoms with Crippen molar-refractivity contribution >= 4 is 22.4 Å². The third kappa shape index (κ3) is 2.59. The van der Waals surface area contributed by atoms with Gasteiger partial charge in [-0.05, 0) is 51.0 Å². The van der Waals surface area contributed by atoms with E-state index in [1.807, 2.05) is 45.9 Å². The summed E-state index contributed by atoms with van der Waals surface area (Å²) < 4.78 is 0. The topological polar surface area (TPSA) is 42.0 Å². The third-order valence-electron chi connectivity index (χ3n) is 3.02. The Balaban J connectivity index is 2.19. The maximum Gasteiger partial charge on any atom is 0.257 e. The fourth-order valence-electron chi connectivity index (χ4n) is 1.58. The van der Waals surface area contributed by atoms with E-state index in [2.05, 4.69) is 10.3 Å². The van der Waals surface area contributed by atoms with Crippen LogP contribution in [0.25, 0.3) is 0 Å². The number of nitrogens with zero attached hydrogens (tertiary/aromatic N) is 1. The van der Waals surface area contributed by atoms with Crippen LogP contribution in [0.15, 0.2) is 18.2 Å². The molecular formula is C14H16N2OS. The van der Waals surface area contributed by atoms with Crippen LogP contribution in [0.2, 0.25) is 0 Å². The van der Waals surface area contributed by atoms with Crippen LogP contribution in [0.3, 0.4) is 0 Å². The summed E-state index contributed by atoms with van der Waals surface area (Å²) in [6, 6.07) is 5.70. The molecule has 2 aromatic rings. The second kappa shape index (κ2) is 4.90. The van der Waals surface area contributed by atoms with Crippen LogP contribution in [-0.4, -0.2) is 10.9 Å². The molecule has 0 radical (unpaired) electrons. The molecule has 0 saturated carbocycles. The molecule has 1 aromatic heterocycles. The first-order valence-electron chi connectivity index (χ1n) is 5.80. The number of hydrogen-bond donors (Lipinski definition) is 1. The van der Waals surface area contributed by atoms with Gasteiger partial charge in [-0.3, -0.25) is 10.1 Å². The average Bonchev–Trinajstić information content (AvgIpc) is 2.61. The summed E-state index contributed by atoms with van der Waals surface area (Å²) in [5, 5.41) is 3.50. The van der Waals surface area contributed by atoms with Crippen molar-refractivity contribution < 1.29 is 4.79 Å². The van der Waals surface area contributed by atoms with Gasteiger partial charge in [0.05, 0.1) is 5.69 Å². The highest BCUT2D eigenvalue weighted by Crippen LogP contribution is 2.22. The molecule has 94 valence electrons. The number of aryl methyl sites for hydroxylation is 4. The van der Waals surface area contributed by atoms with Gasteiger partial charge in [-0.15, -0.1) is 11.3 Å². The van der Waals surface area contributed by atoms with Crippen molar-refractivity contribution in [3.05, 3.63) is 45.5 Å². The second-order valence-electron chi connectivity index (χ2n) is 4.41. The highest BCUT2D eigenvalue weighted by molar-refractivity contribution is 7.15. The minimum absolute atomic E-state index is 0.105. The summed E-state index contributed by atoms with van der Waals surface area (Å²) >= 11 is 1.50. The van der Waals surface area contributed by atoms with E-state index >= 15 is 0 Å². The molecule has 1 N–H and O–H groups in total. The number of anilines is 1. The minimum atomic E-state index is -0.105. The number of benzene rings is 1. The number of amides is 1. The number of thiazole rings is 1. The predicted molar refractivity (Wildman–Crippen MR) is 75.5 cm³/mol. The lowest BCUT2D eigenvalue weighted by molar-refractivity contribution is 0.102. The number of rotatable bonds is 2. The van der Waals surface area contributed by atoms with E-state index in [4.69, 9.17) is 0 Å². The Bertz CT molecular complexity index is 582. The summed E-state index contributed by atoms with van der Waals surface area (Å²) in [7, 11) is 0. The molecule has 18 heavy (non-hydrogen) atoms. The van der Waals surface area contributed by atoms with Crippen molar-refractivity contribution in [3.63, 3.8) is 0 Å². The molecular weight excluding hydrogens is 244 g/mol. The second-order valence-corrected chi connectivity index (χ2v) is 5.62. The SMILES string of the molecule is Cc1ccc(C(=O)Nc2nc(C)c(C)s2)cc1C. The Morgan fingerprint density at radius 1 is 1.17 bits per heavy atom. The van der Waals surface area contributed by atoms with Gasteiger partial charge in [-0.25, -0.2) is 4.98 Å². The monoisotopic (exact) mass is 260 g/mol. The molecule has 0 bridgehead atoms. The van der Waals surface area contributed by atoms with Crippen molar-refractivity contribution in [1.29, 1.82) is 0 Å². The van der Waals surface area contributed by atoms with Gasteiger partial charge < -0.3 is 0 Å². The van der Waals surface area contributed by atoms with Gasteiger partial charge in [-0.2, -0.15) is 0 Å². The zero-order valence-electron chi connectivity index (χ0n) is 11.0. The first kappa shape index (κ1) is 12.8. The van der Waals surface area contributed by atoms with Gasteiger partial charge in [0.2, 0.25) is 0 Å². The van der Waals surface area contributed by atoms with Crippen LogP contribution in [-0.2, 0) is 0 Å². The maximum atomic E-state index is 12.1. The molecule has 0 aliphatic carbocycles. The minimum Gasteiger partial charge on any atom is -0.298 e. The molecule has 0 atom stereocenters. The van der Waals surface area contributed by atoms with Crippen molar-refractivity contribution in [1.82, 2.24) is 4.98 Å². The Labute approximate surface area is 111 Å². The smallest absolute Gasteiger partial charge is 0.257 e. The summed E-state index contributed by atoms with van der Waals surface area (Å²) in [5.41, 5.74) is 3.95. The average molecular weight is 260 g/mol. The first-order valence-corrected chi connectivity index (χ1v) is 6.61. The summed E-state index contributed by atoms with van der Waals surface area (Å²) in [5.74, 6) is -0.105. The summed E-state index contributed by atoms with van der Waals surface area (Å²) in [4.78, 5) is 17.5. The van der Waals surface area contributed by atoms with Crippen LogP contribution in [0.4, 0.5) is 5.13 Å². The standard InChI is InChI=1S/C14H16N2OS/c1-8-5-6-12(7-9(8)2)13(17)16-14-15-10(3)11(4)18-14/h5-7H,1-4H3,(H,15,16,17). The zero-order chi connectivity index (χ0) is 13.3. The van der Waals surface area contributed by atoms with E-state index in [1.165, 1.54) is 16.9 Å². The molecule has 0 fully saturated rings. The largest absolute Gasteiger partial charge is 0.298 e. The van der Waals surface area contributed by atoms with E-state index in [-0.39, 0.29) is 5.91 Å². The number of aromatic nitrogens is 1. The van der Waals surface area contributed by atoms with E-state index < -0.39 is 0 Å². The molecule has 4 heteroatoms. The molecule has 3 nitrogen and oxygen atoms in total. The maximum absolute atomic E-state index is 12.1. The predicted octanol–water partition coefficient (Wildman–Crippen LogP) is 3.63. The zero-order valence-corrected chi connectivity index (χ0v) is 11.8. The highest BCUT2D eigenvalue weighted by atomic mass is 32.1. The van der Waals surface area contributed by atoms with Crippen molar-refractivity contribution in [2.45, 2.75) is 27.7 Å². The summed E-state index contributed by atoms with van der Waals surface area (Å²) in [6.45, 7) is 7.98. The van der Waals surface area contributed by atoms with Gasteiger partial charge in [0.25, 0.3) is 5.91 Å². The first-order chi connectivity index (χ1) is 8.47. The van der Waals surface area contributed by atoms with Gasteiger partial charge in [0.15, 0.2) is 5.13 Å². The highest BCUT2D eigenvalue weighted by Gasteiger charge is 2.10. The molecule has 1 aromatic carbocycles. The molecule has 2 rings (SSSR count). The van der Waals surface area contributed by atoms with Crippen molar-refractivity contribution in [3.8, 4) is 0 Å².